The van der Waals surface area contributed by atoms with Gasteiger partial charge < -0.3 is 20.5 Å². The molecule has 0 aliphatic rings. The third-order valence-electron chi connectivity index (χ3n) is 3.20. The molecule has 3 N–H and O–H groups in total. The Hall–Kier alpha value is -1.56. The van der Waals surface area contributed by atoms with Crippen LogP contribution in [0.15, 0.2) is 12.2 Å². The molecule has 0 aliphatic carbocycles. The second kappa shape index (κ2) is 16.8. The van der Waals surface area contributed by atoms with Gasteiger partial charge in [0.1, 0.15) is 6.61 Å². The van der Waals surface area contributed by atoms with Crippen LogP contribution in [0.25, 0.3) is 0 Å². The molecule has 0 rings (SSSR count). The van der Waals surface area contributed by atoms with Gasteiger partial charge in [0, 0.05) is 19.7 Å². The van der Waals surface area contributed by atoms with Crippen molar-refractivity contribution in [2.24, 2.45) is 0 Å². The molecule has 0 bridgehead atoms. The molecule has 0 saturated carbocycles. The Labute approximate surface area is 139 Å². The molecule has 0 fully saturated rings. The number of carbonyl (C=O) groups excluding carboxylic acids is 1. The summed E-state index contributed by atoms with van der Waals surface area (Å²) in [6, 6.07) is -0.0713. The highest BCUT2D eigenvalue weighted by molar-refractivity contribution is 5.73. The largest absolute Gasteiger partial charge is 0.480 e. The van der Waals surface area contributed by atoms with E-state index in [0.29, 0.717) is 13.2 Å². The lowest BCUT2D eigenvalue weighted by Crippen LogP contribution is -2.36. The molecular formula is C17H32N2O4. The van der Waals surface area contributed by atoms with Gasteiger partial charge in [-0.1, -0.05) is 31.9 Å². The van der Waals surface area contributed by atoms with Gasteiger partial charge in [-0.05, 0) is 38.5 Å². The summed E-state index contributed by atoms with van der Waals surface area (Å²) in [5.41, 5.74) is 0. The van der Waals surface area contributed by atoms with Crippen molar-refractivity contribution in [3.8, 4) is 0 Å². The van der Waals surface area contributed by atoms with Crippen LogP contribution in [0, 0.1) is 0 Å². The van der Waals surface area contributed by atoms with Crippen LogP contribution in [-0.2, 0) is 9.53 Å². The van der Waals surface area contributed by atoms with Crippen LogP contribution >= 0.6 is 0 Å². The highest BCUT2D eigenvalue weighted by Crippen LogP contribution is 1.99. The van der Waals surface area contributed by atoms with E-state index in [1.807, 2.05) is 0 Å². The predicted molar refractivity (Wildman–Crippen MR) is 91.6 cm³/mol. The number of amides is 2. The van der Waals surface area contributed by atoms with E-state index in [1.54, 1.807) is 0 Å². The number of carbonyl (C=O) groups is 2. The van der Waals surface area contributed by atoms with Gasteiger partial charge in [0.2, 0.25) is 0 Å². The molecule has 2 amide bonds. The summed E-state index contributed by atoms with van der Waals surface area (Å²) in [7, 11) is 0. The SMILES string of the molecule is CCCCCNC(=O)NCCCCC=CCCCOCC(=O)O. The normalized spacial score (nSPS) is 10.8. The lowest BCUT2D eigenvalue weighted by molar-refractivity contribution is -0.142. The maximum atomic E-state index is 11.4. The van der Waals surface area contributed by atoms with Crippen molar-refractivity contribution < 1.29 is 19.4 Å². The summed E-state index contributed by atoms with van der Waals surface area (Å²) < 4.78 is 4.94. The van der Waals surface area contributed by atoms with Gasteiger partial charge in [-0.3, -0.25) is 0 Å². The fraction of sp³-hybridized carbons (Fsp3) is 0.765. The second-order valence-corrected chi connectivity index (χ2v) is 5.45. The quantitative estimate of drug-likeness (QED) is 0.318. The van der Waals surface area contributed by atoms with Crippen LogP contribution in [0.5, 0.6) is 0 Å². The number of carboxylic acids is 1. The minimum absolute atomic E-state index is 0.0713. The van der Waals surface area contributed by atoms with Gasteiger partial charge in [-0.15, -0.1) is 0 Å². The van der Waals surface area contributed by atoms with Crippen molar-refractivity contribution in [3.63, 3.8) is 0 Å². The highest BCUT2D eigenvalue weighted by Gasteiger charge is 1.97. The third-order valence-corrected chi connectivity index (χ3v) is 3.20. The summed E-state index contributed by atoms with van der Waals surface area (Å²) in [4.78, 5) is 21.6. The number of hydrogen-bond donors (Lipinski definition) is 3. The number of allylic oxidation sites excluding steroid dienone is 2. The van der Waals surface area contributed by atoms with Crippen LogP contribution in [0.2, 0.25) is 0 Å². The molecule has 23 heavy (non-hydrogen) atoms. The first-order valence-electron chi connectivity index (χ1n) is 8.63. The molecule has 6 nitrogen and oxygen atoms in total. The number of aliphatic carboxylic acids is 1. The number of nitrogens with one attached hydrogen (secondary N) is 2. The van der Waals surface area contributed by atoms with E-state index >= 15 is 0 Å². The Morgan fingerprint density at radius 1 is 0.957 bits per heavy atom. The van der Waals surface area contributed by atoms with Crippen molar-refractivity contribution >= 4 is 12.0 Å². The van der Waals surface area contributed by atoms with E-state index in [2.05, 4.69) is 29.7 Å². The van der Waals surface area contributed by atoms with Gasteiger partial charge >= 0.3 is 12.0 Å². The monoisotopic (exact) mass is 328 g/mol. The Morgan fingerprint density at radius 2 is 1.57 bits per heavy atom. The Balaban J connectivity index is 3.24. The van der Waals surface area contributed by atoms with E-state index in [9.17, 15) is 9.59 Å². The molecule has 0 radical (unpaired) electrons. The molecule has 0 aromatic rings. The third kappa shape index (κ3) is 18.4. The predicted octanol–water partition coefficient (Wildman–Crippen LogP) is 3.08. The molecule has 0 aliphatic heterocycles. The second-order valence-electron chi connectivity index (χ2n) is 5.45. The molecule has 0 aromatic heterocycles. The molecule has 0 unspecified atom stereocenters. The van der Waals surface area contributed by atoms with Crippen molar-refractivity contribution in [1.29, 1.82) is 0 Å². The van der Waals surface area contributed by atoms with E-state index in [1.165, 1.54) is 0 Å². The zero-order chi connectivity index (χ0) is 17.2. The van der Waals surface area contributed by atoms with Crippen molar-refractivity contribution in [2.45, 2.75) is 58.3 Å². The number of urea groups is 1. The van der Waals surface area contributed by atoms with E-state index in [4.69, 9.17) is 9.84 Å². The molecule has 134 valence electrons. The number of hydrogen-bond acceptors (Lipinski definition) is 3. The minimum Gasteiger partial charge on any atom is -0.480 e. The first-order valence-corrected chi connectivity index (χ1v) is 8.63. The van der Waals surface area contributed by atoms with Crippen LogP contribution in [0.4, 0.5) is 4.79 Å². The number of unbranched alkanes of at least 4 members (excludes halogenated alkanes) is 5. The maximum Gasteiger partial charge on any atom is 0.329 e. The van der Waals surface area contributed by atoms with Crippen molar-refractivity contribution in [1.82, 2.24) is 10.6 Å². The first kappa shape index (κ1) is 21.4. The maximum absolute atomic E-state index is 11.4. The number of ether oxygens (including phenoxy) is 1. The lowest BCUT2D eigenvalue weighted by Gasteiger charge is -2.06. The fourth-order valence-electron chi connectivity index (χ4n) is 1.93. The molecule has 6 heteroatoms. The zero-order valence-electron chi connectivity index (χ0n) is 14.3. The molecule has 0 atom stereocenters. The summed E-state index contributed by atoms with van der Waals surface area (Å²) >= 11 is 0. The number of rotatable bonds is 15. The first-order chi connectivity index (χ1) is 11.2. The molecule has 0 spiro atoms. The Morgan fingerprint density at radius 3 is 2.17 bits per heavy atom. The molecule has 0 heterocycles. The standard InChI is InChI=1S/C17H32N2O4/c1-2-3-9-12-18-17(22)19-13-10-7-5-4-6-8-11-14-23-15-16(20)21/h4,6H,2-3,5,7-15H2,1H3,(H,20,21)(H2,18,19,22). The minimum atomic E-state index is -0.927. The Bertz CT molecular complexity index is 333. The highest BCUT2D eigenvalue weighted by atomic mass is 16.5. The van der Waals surface area contributed by atoms with Crippen LogP contribution < -0.4 is 10.6 Å². The van der Waals surface area contributed by atoms with Gasteiger partial charge in [-0.25, -0.2) is 9.59 Å². The fourth-order valence-corrected chi connectivity index (χ4v) is 1.93. The van der Waals surface area contributed by atoms with E-state index in [-0.39, 0.29) is 12.6 Å². The van der Waals surface area contributed by atoms with Crippen LogP contribution in [0.1, 0.15) is 58.3 Å². The summed E-state index contributed by atoms with van der Waals surface area (Å²) in [5, 5.41) is 14.1. The molecule has 0 aromatic carbocycles. The zero-order valence-corrected chi connectivity index (χ0v) is 14.3. The van der Waals surface area contributed by atoms with Crippen molar-refractivity contribution in [2.75, 3.05) is 26.3 Å². The number of carboxylic acid groups (broad SMARTS) is 1. The smallest absolute Gasteiger partial charge is 0.329 e. The average molecular weight is 328 g/mol. The van der Waals surface area contributed by atoms with Gasteiger partial charge in [0.15, 0.2) is 0 Å². The summed E-state index contributed by atoms with van der Waals surface area (Å²) in [6.45, 7) is 3.85. The van der Waals surface area contributed by atoms with Gasteiger partial charge in [-0.2, -0.15) is 0 Å². The Kier molecular flexibility index (Phi) is 15.7. The lowest BCUT2D eigenvalue weighted by atomic mass is 10.2. The summed E-state index contributed by atoms with van der Waals surface area (Å²) in [5.74, 6) is -0.927. The molecular weight excluding hydrogens is 296 g/mol. The van der Waals surface area contributed by atoms with Gasteiger partial charge in [0.25, 0.3) is 0 Å². The van der Waals surface area contributed by atoms with E-state index in [0.717, 1.165) is 57.9 Å². The summed E-state index contributed by atoms with van der Waals surface area (Å²) in [6.07, 6.45) is 12.3. The topological polar surface area (TPSA) is 87.7 Å². The van der Waals surface area contributed by atoms with Crippen LogP contribution in [-0.4, -0.2) is 43.4 Å². The molecule has 0 saturated heterocycles. The van der Waals surface area contributed by atoms with Gasteiger partial charge in [0.05, 0.1) is 0 Å². The van der Waals surface area contributed by atoms with Crippen molar-refractivity contribution in [3.05, 3.63) is 12.2 Å². The van der Waals surface area contributed by atoms with Crippen LogP contribution in [0.3, 0.4) is 0 Å². The average Bonchev–Trinajstić information content (AvgIpc) is 2.52. The van der Waals surface area contributed by atoms with E-state index < -0.39 is 5.97 Å².